The highest BCUT2D eigenvalue weighted by molar-refractivity contribution is 6.30. The first-order chi connectivity index (χ1) is 10.1. The lowest BCUT2D eigenvalue weighted by molar-refractivity contribution is -0.133. The molecule has 1 aromatic heterocycles. The first-order valence-electron chi connectivity index (χ1n) is 7.62. The van der Waals surface area contributed by atoms with Gasteiger partial charge in [0.2, 0.25) is 5.91 Å². The molecule has 21 heavy (non-hydrogen) atoms. The number of aromatic nitrogens is 1. The van der Waals surface area contributed by atoms with Crippen molar-refractivity contribution in [2.75, 3.05) is 26.7 Å². The fourth-order valence-electron chi connectivity index (χ4n) is 2.77. The second-order valence-electron chi connectivity index (χ2n) is 6.03. The topological polar surface area (TPSA) is 36.4 Å². The number of halogens is 1. The van der Waals surface area contributed by atoms with Gasteiger partial charge in [-0.3, -0.25) is 4.79 Å². The number of hydrogen-bond acceptors (Lipinski definition) is 3. The van der Waals surface area contributed by atoms with Crippen LogP contribution in [0.25, 0.3) is 0 Å². The Morgan fingerprint density at radius 2 is 2.38 bits per heavy atom. The fourth-order valence-corrected chi connectivity index (χ4v) is 2.95. The van der Waals surface area contributed by atoms with Crippen LogP contribution in [0.2, 0.25) is 5.15 Å². The Bertz CT molecular complexity index is 480. The van der Waals surface area contributed by atoms with Gasteiger partial charge in [0.05, 0.1) is 0 Å². The van der Waals surface area contributed by atoms with E-state index in [1.165, 1.54) is 6.42 Å². The Balaban J connectivity index is 1.77. The summed E-state index contributed by atoms with van der Waals surface area (Å²) in [6.45, 7) is 5.51. The Kier molecular flexibility index (Phi) is 6.00. The predicted molar refractivity (Wildman–Crippen MR) is 85.2 cm³/mol. The van der Waals surface area contributed by atoms with Gasteiger partial charge in [-0.05, 0) is 31.9 Å². The first-order valence-corrected chi connectivity index (χ1v) is 7.99. The van der Waals surface area contributed by atoms with Crippen LogP contribution < -0.4 is 0 Å². The summed E-state index contributed by atoms with van der Waals surface area (Å²) in [5, 5.41) is 0.542. The Morgan fingerprint density at radius 3 is 3.10 bits per heavy atom. The molecule has 0 N–H and O–H groups in total. The van der Waals surface area contributed by atoms with E-state index in [4.69, 9.17) is 11.6 Å². The van der Waals surface area contributed by atoms with Gasteiger partial charge in [-0.2, -0.15) is 0 Å². The van der Waals surface area contributed by atoms with Crippen molar-refractivity contribution in [3.05, 3.63) is 29.0 Å². The van der Waals surface area contributed by atoms with Crippen LogP contribution >= 0.6 is 11.6 Å². The first kappa shape index (κ1) is 16.2. The molecule has 4 nitrogen and oxygen atoms in total. The number of carbonyl (C=O) groups excluding carboxylic acids is 1. The molecule has 0 radical (unpaired) electrons. The van der Waals surface area contributed by atoms with E-state index < -0.39 is 0 Å². The van der Waals surface area contributed by atoms with Crippen LogP contribution in [-0.4, -0.2) is 47.4 Å². The minimum absolute atomic E-state index is 0.269. The van der Waals surface area contributed by atoms with Crippen molar-refractivity contribution in [3.63, 3.8) is 0 Å². The minimum atomic E-state index is 0.269. The molecule has 0 saturated carbocycles. The van der Waals surface area contributed by atoms with E-state index >= 15 is 0 Å². The largest absolute Gasteiger partial charge is 0.342 e. The van der Waals surface area contributed by atoms with E-state index in [-0.39, 0.29) is 5.91 Å². The highest BCUT2D eigenvalue weighted by atomic mass is 35.5. The molecule has 0 spiro atoms. The molecule has 0 aliphatic carbocycles. The van der Waals surface area contributed by atoms with Crippen LogP contribution in [0, 0.1) is 5.92 Å². The number of nitrogens with zero attached hydrogens (tertiary/aromatic N) is 3. The normalized spacial score (nSPS) is 19.0. The number of hydrogen-bond donors (Lipinski definition) is 0. The highest BCUT2D eigenvalue weighted by Gasteiger charge is 2.20. The molecule has 1 amide bonds. The second-order valence-corrected chi connectivity index (χ2v) is 6.39. The molecule has 1 aliphatic rings. The Labute approximate surface area is 132 Å². The van der Waals surface area contributed by atoms with Crippen LogP contribution in [-0.2, 0) is 11.3 Å². The van der Waals surface area contributed by atoms with E-state index in [0.717, 1.165) is 38.2 Å². The minimum Gasteiger partial charge on any atom is -0.342 e. The van der Waals surface area contributed by atoms with Gasteiger partial charge in [0.15, 0.2) is 0 Å². The van der Waals surface area contributed by atoms with Crippen LogP contribution in [0.15, 0.2) is 18.3 Å². The van der Waals surface area contributed by atoms with Crippen molar-refractivity contribution in [2.24, 2.45) is 5.92 Å². The monoisotopic (exact) mass is 309 g/mol. The summed E-state index contributed by atoms with van der Waals surface area (Å²) in [6, 6.07) is 3.86. The lowest BCUT2D eigenvalue weighted by atomic mass is 10.00. The second kappa shape index (κ2) is 7.76. The highest BCUT2D eigenvalue weighted by Crippen LogP contribution is 2.17. The molecule has 1 aromatic rings. The molecule has 0 aromatic carbocycles. The smallest absolute Gasteiger partial charge is 0.223 e. The molecule has 2 rings (SSSR count). The van der Waals surface area contributed by atoms with E-state index in [2.05, 4.69) is 16.8 Å². The zero-order valence-corrected chi connectivity index (χ0v) is 13.6. The van der Waals surface area contributed by atoms with Crippen molar-refractivity contribution in [1.29, 1.82) is 0 Å². The quantitative estimate of drug-likeness (QED) is 0.785. The zero-order valence-electron chi connectivity index (χ0n) is 12.9. The average Bonchev–Trinajstić information content (AvgIpc) is 2.47. The summed E-state index contributed by atoms with van der Waals surface area (Å²) in [5.41, 5.74) is 1.00. The number of rotatable bonds is 5. The third kappa shape index (κ3) is 4.97. The number of amides is 1. The van der Waals surface area contributed by atoms with E-state index in [0.29, 0.717) is 17.5 Å². The number of carbonyl (C=O) groups is 1. The van der Waals surface area contributed by atoms with Gasteiger partial charge >= 0.3 is 0 Å². The van der Waals surface area contributed by atoms with Gasteiger partial charge in [-0.25, -0.2) is 4.98 Å². The summed E-state index contributed by atoms with van der Waals surface area (Å²) in [7, 11) is 2.01. The van der Waals surface area contributed by atoms with Crippen LogP contribution in [0.1, 0.15) is 31.7 Å². The summed E-state index contributed by atoms with van der Waals surface area (Å²) in [5.74, 6) is 0.903. The standard InChI is InChI=1S/C16H24ClN3O/c1-13-5-4-9-20(11-13)15(21)7-10-19(2)12-14-6-3-8-18-16(14)17/h3,6,8,13H,4-5,7,9-12H2,1-2H3/t13-/m0/s1. The van der Waals surface area contributed by atoms with Gasteiger partial charge in [0, 0.05) is 44.4 Å². The van der Waals surface area contributed by atoms with Crippen LogP contribution in [0.4, 0.5) is 0 Å². The zero-order chi connectivity index (χ0) is 15.2. The van der Waals surface area contributed by atoms with Gasteiger partial charge < -0.3 is 9.80 Å². The van der Waals surface area contributed by atoms with E-state index in [1.54, 1.807) is 6.20 Å². The van der Waals surface area contributed by atoms with Gasteiger partial charge in [0.25, 0.3) is 0 Å². The van der Waals surface area contributed by atoms with Crippen molar-refractivity contribution in [2.45, 2.75) is 32.7 Å². The van der Waals surface area contributed by atoms with Crippen molar-refractivity contribution in [1.82, 2.24) is 14.8 Å². The number of likely N-dealkylation sites (tertiary alicyclic amines) is 1. The molecule has 1 atom stereocenters. The van der Waals surface area contributed by atoms with Crippen molar-refractivity contribution < 1.29 is 4.79 Å². The fraction of sp³-hybridized carbons (Fsp3) is 0.625. The van der Waals surface area contributed by atoms with Gasteiger partial charge in [-0.1, -0.05) is 24.6 Å². The number of piperidine rings is 1. The van der Waals surface area contributed by atoms with Gasteiger partial charge in [-0.15, -0.1) is 0 Å². The lowest BCUT2D eigenvalue weighted by Gasteiger charge is -2.31. The molecule has 0 unspecified atom stereocenters. The molecule has 2 heterocycles. The molecular weight excluding hydrogens is 286 g/mol. The molecule has 1 aliphatic heterocycles. The van der Waals surface area contributed by atoms with Gasteiger partial charge in [0.1, 0.15) is 5.15 Å². The maximum atomic E-state index is 12.2. The van der Waals surface area contributed by atoms with Crippen molar-refractivity contribution in [3.8, 4) is 0 Å². The predicted octanol–water partition coefficient (Wildman–Crippen LogP) is 2.82. The molecule has 1 fully saturated rings. The summed E-state index contributed by atoms with van der Waals surface area (Å²) < 4.78 is 0. The molecular formula is C16H24ClN3O. The Morgan fingerprint density at radius 1 is 1.57 bits per heavy atom. The molecule has 5 heteroatoms. The summed E-state index contributed by atoms with van der Waals surface area (Å²) >= 11 is 6.06. The van der Waals surface area contributed by atoms with Crippen molar-refractivity contribution >= 4 is 17.5 Å². The third-order valence-electron chi connectivity index (χ3n) is 3.99. The lowest BCUT2D eigenvalue weighted by Crippen LogP contribution is -2.40. The Hall–Kier alpha value is -1.13. The maximum absolute atomic E-state index is 12.2. The molecule has 1 saturated heterocycles. The van der Waals surface area contributed by atoms with Crippen LogP contribution in [0.5, 0.6) is 0 Å². The molecule has 116 valence electrons. The third-order valence-corrected chi connectivity index (χ3v) is 4.33. The number of pyridine rings is 1. The SMILES string of the molecule is C[C@H]1CCCN(C(=O)CCN(C)Cc2cccnc2Cl)C1. The summed E-state index contributed by atoms with van der Waals surface area (Å²) in [4.78, 5) is 20.4. The van der Waals surface area contributed by atoms with E-state index in [9.17, 15) is 4.79 Å². The van der Waals surface area contributed by atoms with Crippen LogP contribution in [0.3, 0.4) is 0 Å². The maximum Gasteiger partial charge on any atom is 0.223 e. The summed E-state index contributed by atoms with van der Waals surface area (Å²) in [6.07, 6.45) is 4.63. The van der Waals surface area contributed by atoms with E-state index in [1.807, 2.05) is 24.1 Å². The average molecular weight is 310 g/mol. The molecule has 0 bridgehead atoms.